The predicted molar refractivity (Wildman–Crippen MR) is 101 cm³/mol. The Balaban J connectivity index is 1.86. The Morgan fingerprint density at radius 1 is 1.27 bits per heavy atom. The van der Waals surface area contributed by atoms with Gasteiger partial charge >= 0.3 is 0 Å². The highest BCUT2D eigenvalue weighted by molar-refractivity contribution is 5.90. The number of nitrogens with one attached hydrogen (secondary N) is 1. The first-order valence-electron chi connectivity index (χ1n) is 8.57. The molecule has 1 heterocycles. The van der Waals surface area contributed by atoms with Crippen LogP contribution in [0.25, 0.3) is 10.9 Å². The molecule has 0 spiro atoms. The lowest BCUT2D eigenvalue weighted by molar-refractivity contribution is -0.131. The fourth-order valence-corrected chi connectivity index (χ4v) is 3.29. The fraction of sp³-hybridized carbons (Fsp3) is 0.286. The Morgan fingerprint density at radius 2 is 2.00 bits per heavy atom. The molecule has 1 aromatic heterocycles. The van der Waals surface area contributed by atoms with Gasteiger partial charge in [0.25, 0.3) is 0 Å². The molecule has 136 valence electrons. The smallest absolute Gasteiger partial charge is 0.227 e. The van der Waals surface area contributed by atoms with Crippen LogP contribution in [0.3, 0.4) is 0 Å². The third-order valence-electron chi connectivity index (χ3n) is 4.97. The van der Waals surface area contributed by atoms with Crippen molar-refractivity contribution >= 4 is 16.8 Å². The Labute approximate surface area is 152 Å². The van der Waals surface area contributed by atoms with Gasteiger partial charge < -0.3 is 14.6 Å². The monoisotopic (exact) mass is 354 g/mol. The SMILES string of the molecule is COc1ccccc1C(C)N(C)C(=O)Cc1c(C)[nH]c2ccc(F)cc12. The lowest BCUT2D eigenvalue weighted by Gasteiger charge is -2.26. The molecular weight excluding hydrogens is 331 g/mol. The van der Waals surface area contributed by atoms with Crippen LogP contribution in [-0.4, -0.2) is 29.9 Å². The van der Waals surface area contributed by atoms with Crippen LogP contribution in [0, 0.1) is 12.7 Å². The lowest BCUT2D eigenvalue weighted by Crippen LogP contribution is -2.31. The van der Waals surface area contributed by atoms with Crippen molar-refractivity contribution in [2.24, 2.45) is 0 Å². The molecule has 0 aliphatic carbocycles. The second-order valence-electron chi connectivity index (χ2n) is 6.52. The number of carbonyl (C=O) groups is 1. The van der Waals surface area contributed by atoms with Crippen LogP contribution in [0.2, 0.25) is 0 Å². The molecule has 1 unspecified atom stereocenters. The summed E-state index contributed by atoms with van der Waals surface area (Å²) in [6.07, 6.45) is 0.214. The van der Waals surface area contributed by atoms with Gasteiger partial charge in [-0.3, -0.25) is 4.79 Å². The van der Waals surface area contributed by atoms with Gasteiger partial charge in [0.1, 0.15) is 11.6 Å². The van der Waals surface area contributed by atoms with Crippen LogP contribution in [0.4, 0.5) is 4.39 Å². The molecule has 2 aromatic carbocycles. The predicted octanol–water partition coefficient (Wildman–Crippen LogP) is 4.39. The molecule has 0 aliphatic heterocycles. The van der Waals surface area contributed by atoms with Crippen molar-refractivity contribution < 1.29 is 13.9 Å². The Morgan fingerprint density at radius 3 is 2.73 bits per heavy atom. The zero-order chi connectivity index (χ0) is 18.8. The van der Waals surface area contributed by atoms with Crippen molar-refractivity contribution in [1.82, 2.24) is 9.88 Å². The summed E-state index contributed by atoms with van der Waals surface area (Å²) >= 11 is 0. The number of ether oxygens (including phenoxy) is 1. The van der Waals surface area contributed by atoms with Gasteiger partial charge in [-0.05, 0) is 43.7 Å². The maximum Gasteiger partial charge on any atom is 0.227 e. The number of rotatable bonds is 5. The molecular formula is C21H23FN2O2. The molecule has 3 rings (SSSR count). The van der Waals surface area contributed by atoms with E-state index in [9.17, 15) is 9.18 Å². The minimum Gasteiger partial charge on any atom is -0.496 e. The largest absolute Gasteiger partial charge is 0.496 e. The first kappa shape index (κ1) is 18.0. The van der Waals surface area contributed by atoms with Gasteiger partial charge in [0, 0.05) is 29.2 Å². The summed E-state index contributed by atoms with van der Waals surface area (Å²) in [7, 11) is 3.40. The molecule has 0 saturated carbocycles. The number of halogens is 1. The van der Waals surface area contributed by atoms with Gasteiger partial charge in [-0.2, -0.15) is 0 Å². The number of aromatic nitrogens is 1. The second kappa shape index (κ2) is 7.20. The molecule has 1 amide bonds. The maximum absolute atomic E-state index is 13.6. The zero-order valence-electron chi connectivity index (χ0n) is 15.5. The number of aromatic amines is 1. The number of benzene rings is 2. The molecule has 3 aromatic rings. The van der Waals surface area contributed by atoms with Gasteiger partial charge in [-0.1, -0.05) is 18.2 Å². The number of likely N-dealkylation sites (N-methyl/N-ethyl adjacent to an activating group) is 1. The van der Waals surface area contributed by atoms with Crippen LogP contribution in [0.1, 0.15) is 29.8 Å². The van der Waals surface area contributed by atoms with Gasteiger partial charge in [0.15, 0.2) is 0 Å². The summed E-state index contributed by atoms with van der Waals surface area (Å²) in [5.41, 5.74) is 3.51. The molecule has 4 nitrogen and oxygen atoms in total. The number of amides is 1. The summed E-state index contributed by atoms with van der Waals surface area (Å²) < 4.78 is 19.0. The first-order valence-corrected chi connectivity index (χ1v) is 8.57. The normalized spacial score (nSPS) is 12.2. The van der Waals surface area contributed by atoms with Crippen LogP contribution in [0.15, 0.2) is 42.5 Å². The van der Waals surface area contributed by atoms with Gasteiger partial charge in [0.05, 0.1) is 19.6 Å². The molecule has 1 atom stereocenters. The molecule has 0 aliphatic rings. The number of nitrogens with zero attached hydrogens (tertiary/aromatic N) is 1. The van der Waals surface area contributed by atoms with Crippen LogP contribution in [0.5, 0.6) is 5.75 Å². The molecule has 5 heteroatoms. The summed E-state index contributed by atoms with van der Waals surface area (Å²) in [6, 6.07) is 12.1. The molecule has 0 fully saturated rings. The molecule has 26 heavy (non-hydrogen) atoms. The average Bonchev–Trinajstić information content (AvgIpc) is 2.95. The summed E-state index contributed by atoms with van der Waals surface area (Å²) in [4.78, 5) is 17.8. The van der Waals surface area contributed by atoms with E-state index in [1.807, 2.05) is 38.1 Å². The second-order valence-corrected chi connectivity index (χ2v) is 6.52. The van der Waals surface area contributed by atoms with E-state index in [-0.39, 0.29) is 24.2 Å². The van der Waals surface area contributed by atoms with Gasteiger partial charge in [-0.15, -0.1) is 0 Å². The van der Waals surface area contributed by atoms with E-state index in [4.69, 9.17) is 4.74 Å². The van der Waals surface area contributed by atoms with E-state index in [1.54, 1.807) is 25.1 Å². The van der Waals surface area contributed by atoms with Crippen molar-refractivity contribution in [2.75, 3.05) is 14.2 Å². The van der Waals surface area contributed by atoms with E-state index < -0.39 is 0 Å². The minimum atomic E-state index is -0.305. The van der Waals surface area contributed by atoms with Crippen molar-refractivity contribution in [1.29, 1.82) is 0 Å². The number of hydrogen-bond donors (Lipinski definition) is 1. The fourth-order valence-electron chi connectivity index (χ4n) is 3.29. The van der Waals surface area contributed by atoms with E-state index >= 15 is 0 Å². The number of hydrogen-bond acceptors (Lipinski definition) is 2. The summed E-state index contributed by atoms with van der Waals surface area (Å²) in [5.74, 6) is 0.419. The quantitative estimate of drug-likeness (QED) is 0.739. The molecule has 0 radical (unpaired) electrons. The summed E-state index contributed by atoms with van der Waals surface area (Å²) in [6.45, 7) is 3.88. The first-order chi connectivity index (χ1) is 12.4. The topological polar surface area (TPSA) is 45.3 Å². The van der Waals surface area contributed by atoms with Crippen molar-refractivity contribution in [2.45, 2.75) is 26.3 Å². The third kappa shape index (κ3) is 3.29. The van der Waals surface area contributed by atoms with Crippen molar-refractivity contribution in [3.8, 4) is 5.75 Å². The van der Waals surface area contributed by atoms with Crippen LogP contribution < -0.4 is 4.74 Å². The number of H-pyrrole nitrogens is 1. The molecule has 0 saturated heterocycles. The standard InChI is InChI=1S/C21H23FN2O2/c1-13-17(18-11-15(22)9-10-19(18)23-13)12-21(25)24(3)14(2)16-7-5-6-8-20(16)26-4/h5-11,14,23H,12H2,1-4H3. The lowest BCUT2D eigenvalue weighted by atomic mass is 10.0. The van der Waals surface area contributed by atoms with Crippen molar-refractivity contribution in [3.63, 3.8) is 0 Å². The Hall–Kier alpha value is -2.82. The number of fused-ring (bicyclic) bond motifs is 1. The zero-order valence-corrected chi connectivity index (χ0v) is 15.5. The average molecular weight is 354 g/mol. The highest BCUT2D eigenvalue weighted by Gasteiger charge is 2.22. The van der Waals surface area contributed by atoms with E-state index in [0.717, 1.165) is 33.5 Å². The van der Waals surface area contributed by atoms with Gasteiger partial charge in [-0.25, -0.2) is 4.39 Å². The number of para-hydroxylation sites is 1. The number of carbonyl (C=O) groups excluding carboxylic acids is 1. The van der Waals surface area contributed by atoms with Crippen LogP contribution >= 0.6 is 0 Å². The molecule has 1 N–H and O–H groups in total. The van der Waals surface area contributed by atoms with E-state index in [0.29, 0.717) is 0 Å². The number of methoxy groups -OCH3 is 1. The van der Waals surface area contributed by atoms with Crippen molar-refractivity contribution in [3.05, 3.63) is 65.1 Å². The Kier molecular flexibility index (Phi) is 4.98. The maximum atomic E-state index is 13.6. The van der Waals surface area contributed by atoms with E-state index in [2.05, 4.69) is 4.98 Å². The summed E-state index contributed by atoms with van der Waals surface area (Å²) in [5, 5.41) is 0.759. The van der Waals surface area contributed by atoms with Crippen LogP contribution in [-0.2, 0) is 11.2 Å². The van der Waals surface area contributed by atoms with E-state index in [1.165, 1.54) is 12.1 Å². The highest BCUT2D eigenvalue weighted by atomic mass is 19.1. The molecule has 0 bridgehead atoms. The highest BCUT2D eigenvalue weighted by Crippen LogP contribution is 2.29. The Bertz CT molecular complexity index is 948. The minimum absolute atomic E-state index is 0.0309. The van der Waals surface area contributed by atoms with Gasteiger partial charge in [0.2, 0.25) is 5.91 Å². The third-order valence-corrected chi connectivity index (χ3v) is 4.97. The number of aryl methyl sites for hydroxylation is 1.